The average molecular weight is 344 g/mol. The van der Waals surface area contributed by atoms with Crippen LogP contribution < -0.4 is 16.4 Å². The van der Waals surface area contributed by atoms with Gasteiger partial charge >= 0.3 is 6.03 Å². The van der Waals surface area contributed by atoms with Gasteiger partial charge in [-0.15, -0.1) is 0 Å². The van der Waals surface area contributed by atoms with E-state index in [4.69, 9.17) is 41.2 Å². The molecule has 21 heavy (non-hydrogen) atoms. The van der Waals surface area contributed by atoms with Crippen LogP contribution in [0.3, 0.4) is 0 Å². The van der Waals surface area contributed by atoms with Gasteiger partial charge in [0.2, 0.25) is 0 Å². The number of thiocarbonyl (C=S) groups is 1. The van der Waals surface area contributed by atoms with E-state index in [-0.39, 0.29) is 4.99 Å². The van der Waals surface area contributed by atoms with E-state index in [1.165, 1.54) is 10.9 Å². The number of carbonyl (C=O) groups is 1. The molecule has 0 radical (unpaired) electrons. The Morgan fingerprint density at radius 3 is 2.67 bits per heavy atom. The molecule has 2 aromatic rings. The standard InChI is InChI=1S/C12H11Cl2N5OS/c1-19-11(7(5-16-19)10(15)21)18-12(20)17-6-2-3-8(13)9(14)4-6/h2-5H,1H3,(H2,15,21)(H2,17,18,20). The summed E-state index contributed by atoms with van der Waals surface area (Å²) in [7, 11) is 1.66. The molecule has 0 aliphatic heterocycles. The number of urea groups is 1. The summed E-state index contributed by atoms with van der Waals surface area (Å²) in [6.45, 7) is 0. The molecule has 2 amide bonds. The number of nitrogens with zero attached hydrogens (tertiary/aromatic N) is 2. The van der Waals surface area contributed by atoms with Crippen LogP contribution in [0.2, 0.25) is 10.0 Å². The number of aryl methyl sites for hydroxylation is 1. The summed E-state index contributed by atoms with van der Waals surface area (Å²) in [6, 6.07) is 4.28. The maximum absolute atomic E-state index is 12.0. The van der Waals surface area contributed by atoms with E-state index in [1.54, 1.807) is 25.2 Å². The molecule has 0 atom stereocenters. The minimum Gasteiger partial charge on any atom is -0.389 e. The summed E-state index contributed by atoms with van der Waals surface area (Å²) in [5.74, 6) is 0.403. The van der Waals surface area contributed by atoms with Gasteiger partial charge in [0.05, 0.1) is 21.8 Å². The number of halogens is 2. The monoisotopic (exact) mass is 343 g/mol. The normalized spacial score (nSPS) is 10.2. The van der Waals surface area contributed by atoms with Gasteiger partial charge in [0.15, 0.2) is 0 Å². The van der Waals surface area contributed by atoms with Gasteiger partial charge in [0, 0.05) is 12.7 Å². The van der Waals surface area contributed by atoms with E-state index in [0.717, 1.165) is 0 Å². The van der Waals surface area contributed by atoms with Crippen LogP contribution in [0.25, 0.3) is 0 Å². The molecule has 4 N–H and O–H groups in total. The van der Waals surface area contributed by atoms with Crippen molar-refractivity contribution in [1.82, 2.24) is 9.78 Å². The van der Waals surface area contributed by atoms with Crippen molar-refractivity contribution in [3.63, 3.8) is 0 Å². The molecule has 0 fully saturated rings. The van der Waals surface area contributed by atoms with Crippen LogP contribution in [0.15, 0.2) is 24.4 Å². The quantitative estimate of drug-likeness (QED) is 0.748. The summed E-state index contributed by atoms with van der Waals surface area (Å²) in [6.07, 6.45) is 1.48. The first-order valence-corrected chi connectivity index (χ1v) is 6.89. The second-order valence-corrected chi connectivity index (χ2v) is 5.36. The number of carbonyl (C=O) groups excluding carboxylic acids is 1. The average Bonchev–Trinajstić information content (AvgIpc) is 2.76. The Bertz CT molecular complexity index is 716. The Labute approximate surface area is 136 Å². The zero-order valence-electron chi connectivity index (χ0n) is 10.9. The third-order valence-electron chi connectivity index (χ3n) is 2.61. The number of hydrogen-bond donors (Lipinski definition) is 3. The second kappa shape index (κ2) is 6.30. The van der Waals surface area contributed by atoms with E-state index in [1.807, 2.05) is 0 Å². The lowest BCUT2D eigenvalue weighted by molar-refractivity contribution is 0.262. The topological polar surface area (TPSA) is 85.0 Å². The van der Waals surface area contributed by atoms with E-state index in [0.29, 0.717) is 27.1 Å². The summed E-state index contributed by atoms with van der Waals surface area (Å²) in [5, 5.41) is 10.00. The fraction of sp³-hybridized carbons (Fsp3) is 0.0833. The molecule has 0 saturated carbocycles. The number of aromatic nitrogens is 2. The predicted octanol–water partition coefficient (Wildman–Crippen LogP) is 3.01. The SMILES string of the molecule is Cn1ncc(C(N)=S)c1NC(=O)Nc1ccc(Cl)c(Cl)c1. The third kappa shape index (κ3) is 3.63. The molecule has 0 saturated heterocycles. The first kappa shape index (κ1) is 15.6. The van der Waals surface area contributed by atoms with Crippen LogP contribution in [0, 0.1) is 0 Å². The number of nitrogens with two attached hydrogens (primary N) is 1. The molecule has 0 aliphatic rings. The fourth-order valence-corrected chi connectivity index (χ4v) is 2.06. The predicted molar refractivity (Wildman–Crippen MR) is 88.2 cm³/mol. The van der Waals surface area contributed by atoms with Crippen molar-refractivity contribution in [2.45, 2.75) is 0 Å². The van der Waals surface area contributed by atoms with Gasteiger partial charge in [-0.1, -0.05) is 35.4 Å². The molecule has 0 bridgehead atoms. The highest BCUT2D eigenvalue weighted by atomic mass is 35.5. The molecule has 1 heterocycles. The third-order valence-corrected chi connectivity index (χ3v) is 3.57. The van der Waals surface area contributed by atoms with Crippen molar-refractivity contribution in [2.24, 2.45) is 12.8 Å². The highest BCUT2D eigenvalue weighted by Gasteiger charge is 2.14. The van der Waals surface area contributed by atoms with Crippen LogP contribution in [0.1, 0.15) is 5.56 Å². The van der Waals surface area contributed by atoms with Crippen molar-refractivity contribution in [2.75, 3.05) is 10.6 Å². The number of nitrogens with one attached hydrogen (secondary N) is 2. The Morgan fingerprint density at radius 2 is 2.05 bits per heavy atom. The van der Waals surface area contributed by atoms with Crippen molar-refractivity contribution in [3.8, 4) is 0 Å². The van der Waals surface area contributed by atoms with Gasteiger partial charge in [-0.3, -0.25) is 10.00 Å². The van der Waals surface area contributed by atoms with Crippen molar-refractivity contribution >= 4 is 57.9 Å². The zero-order valence-corrected chi connectivity index (χ0v) is 13.2. The lowest BCUT2D eigenvalue weighted by Gasteiger charge is -2.10. The Balaban J connectivity index is 2.13. The molecule has 2 rings (SSSR count). The van der Waals surface area contributed by atoms with Gasteiger partial charge in [-0.05, 0) is 18.2 Å². The summed E-state index contributed by atoms with van der Waals surface area (Å²) in [4.78, 5) is 12.1. The minimum atomic E-state index is -0.477. The lowest BCUT2D eigenvalue weighted by atomic mass is 10.3. The van der Waals surface area contributed by atoms with Gasteiger partial charge in [0.1, 0.15) is 10.8 Å². The van der Waals surface area contributed by atoms with E-state index >= 15 is 0 Å². The van der Waals surface area contributed by atoms with E-state index < -0.39 is 6.03 Å². The van der Waals surface area contributed by atoms with Gasteiger partial charge in [-0.2, -0.15) is 5.10 Å². The Hall–Kier alpha value is -1.83. The number of rotatable bonds is 3. The Kier molecular flexibility index (Phi) is 4.66. The molecule has 6 nitrogen and oxygen atoms in total. The molecule has 1 aromatic heterocycles. The fourth-order valence-electron chi connectivity index (χ4n) is 1.61. The Morgan fingerprint density at radius 1 is 1.33 bits per heavy atom. The van der Waals surface area contributed by atoms with Gasteiger partial charge in [-0.25, -0.2) is 4.79 Å². The number of anilines is 2. The molecular formula is C12H11Cl2N5OS. The highest BCUT2D eigenvalue weighted by Crippen LogP contribution is 2.25. The maximum atomic E-state index is 12.0. The molecule has 0 aliphatic carbocycles. The van der Waals surface area contributed by atoms with Crippen LogP contribution in [0.5, 0.6) is 0 Å². The maximum Gasteiger partial charge on any atom is 0.324 e. The van der Waals surface area contributed by atoms with Crippen molar-refractivity contribution in [3.05, 3.63) is 40.0 Å². The van der Waals surface area contributed by atoms with Crippen LogP contribution in [-0.2, 0) is 7.05 Å². The van der Waals surface area contributed by atoms with Gasteiger partial charge in [0.25, 0.3) is 0 Å². The molecule has 1 aromatic carbocycles. The molecular weight excluding hydrogens is 333 g/mol. The number of benzene rings is 1. The first-order valence-electron chi connectivity index (χ1n) is 5.73. The van der Waals surface area contributed by atoms with E-state index in [9.17, 15) is 4.79 Å². The van der Waals surface area contributed by atoms with Crippen LogP contribution >= 0.6 is 35.4 Å². The summed E-state index contributed by atoms with van der Waals surface area (Å²) < 4.78 is 1.46. The smallest absolute Gasteiger partial charge is 0.324 e. The van der Waals surface area contributed by atoms with Crippen molar-refractivity contribution < 1.29 is 4.79 Å². The summed E-state index contributed by atoms with van der Waals surface area (Å²) in [5.41, 5.74) is 6.55. The highest BCUT2D eigenvalue weighted by molar-refractivity contribution is 7.80. The van der Waals surface area contributed by atoms with Crippen LogP contribution in [-0.4, -0.2) is 20.8 Å². The summed E-state index contributed by atoms with van der Waals surface area (Å²) >= 11 is 16.6. The molecule has 110 valence electrons. The zero-order chi connectivity index (χ0) is 15.6. The molecule has 0 spiro atoms. The number of amides is 2. The van der Waals surface area contributed by atoms with Crippen molar-refractivity contribution in [1.29, 1.82) is 0 Å². The number of hydrogen-bond acceptors (Lipinski definition) is 3. The largest absolute Gasteiger partial charge is 0.389 e. The minimum absolute atomic E-state index is 0.146. The second-order valence-electron chi connectivity index (χ2n) is 4.10. The lowest BCUT2D eigenvalue weighted by Crippen LogP contribution is -2.23. The van der Waals surface area contributed by atoms with E-state index in [2.05, 4.69) is 15.7 Å². The van der Waals surface area contributed by atoms with Crippen LogP contribution in [0.4, 0.5) is 16.3 Å². The molecule has 9 heteroatoms. The molecule has 0 unspecified atom stereocenters. The first-order chi connectivity index (χ1) is 9.88. The van der Waals surface area contributed by atoms with Gasteiger partial charge < -0.3 is 11.1 Å².